The number of ether oxygens (including phenoxy) is 1. The number of hydrogen-bond donors (Lipinski definition) is 1. The van der Waals surface area contributed by atoms with Gasteiger partial charge in [0.25, 0.3) is 5.91 Å². The minimum absolute atomic E-state index is 0.0644. The van der Waals surface area contributed by atoms with Gasteiger partial charge in [-0.25, -0.2) is 0 Å². The van der Waals surface area contributed by atoms with Crippen LogP contribution in [0.3, 0.4) is 0 Å². The minimum Gasteiger partial charge on any atom is -0.483 e. The lowest BCUT2D eigenvalue weighted by molar-refractivity contribution is -0.115. The summed E-state index contributed by atoms with van der Waals surface area (Å²) in [5.74, 6) is 1.01. The Kier molecular flexibility index (Phi) is 9.05. The number of amides is 1. The van der Waals surface area contributed by atoms with Crippen LogP contribution in [0.5, 0.6) is 5.75 Å². The molecule has 1 amide bonds. The molecule has 0 saturated carbocycles. The second kappa shape index (κ2) is 12.3. The normalized spacial score (nSPS) is 13.1. The van der Waals surface area contributed by atoms with Crippen LogP contribution in [0.2, 0.25) is 5.02 Å². The van der Waals surface area contributed by atoms with Crippen LogP contribution in [-0.2, 0) is 11.3 Å². The van der Waals surface area contributed by atoms with Crippen LogP contribution < -0.4 is 10.1 Å². The molecule has 0 saturated heterocycles. The number of aldehydes is 1. The molecule has 6 heteroatoms. The molecular formula is C34H39ClN2O3. The molecule has 0 spiro atoms. The zero-order valence-corrected chi connectivity index (χ0v) is 25.2. The lowest BCUT2D eigenvalue weighted by atomic mass is 9.98. The summed E-state index contributed by atoms with van der Waals surface area (Å²) < 4.78 is 8.13. The number of nitrogens with zero attached hydrogens (tertiary/aromatic N) is 1. The predicted octanol–water partition coefficient (Wildman–Crippen LogP) is 8.18. The summed E-state index contributed by atoms with van der Waals surface area (Å²) in [5.41, 5.74) is 7.12. The fourth-order valence-electron chi connectivity index (χ4n) is 4.94. The molecule has 0 bridgehead atoms. The average Bonchev–Trinajstić information content (AvgIpc) is 3.17. The summed E-state index contributed by atoms with van der Waals surface area (Å²) in [4.78, 5) is 24.7. The Labute approximate surface area is 242 Å². The fourth-order valence-corrected chi connectivity index (χ4v) is 5.12. The van der Waals surface area contributed by atoms with E-state index < -0.39 is 6.10 Å². The molecule has 0 unspecified atom stereocenters. The van der Waals surface area contributed by atoms with E-state index in [0.29, 0.717) is 28.8 Å². The Morgan fingerprint density at radius 3 is 2.38 bits per heavy atom. The molecule has 4 rings (SSSR count). The lowest BCUT2D eigenvalue weighted by Crippen LogP contribution is -2.26. The van der Waals surface area contributed by atoms with Gasteiger partial charge in [0, 0.05) is 33.7 Å². The molecule has 1 aromatic heterocycles. The van der Waals surface area contributed by atoms with Gasteiger partial charge in [-0.1, -0.05) is 63.6 Å². The SMILES string of the molecule is Cc1c(C)n(Cc2cc(O[C@@H](C=O)C(C)C)ccc2Cl)c2ccc(C(=O)N[C@@H](C)c3cccc(C(C)C)c3)cc12. The molecule has 4 aromatic rings. The van der Waals surface area contributed by atoms with Gasteiger partial charge < -0.3 is 14.6 Å². The van der Waals surface area contributed by atoms with Gasteiger partial charge in [-0.15, -0.1) is 0 Å². The monoisotopic (exact) mass is 558 g/mol. The molecule has 0 aliphatic rings. The number of hydrogen-bond acceptors (Lipinski definition) is 3. The van der Waals surface area contributed by atoms with Crippen LogP contribution in [0, 0.1) is 19.8 Å². The van der Waals surface area contributed by atoms with Gasteiger partial charge >= 0.3 is 0 Å². The van der Waals surface area contributed by atoms with Gasteiger partial charge in [0.05, 0.1) is 6.04 Å². The first kappa shape index (κ1) is 29.4. The van der Waals surface area contributed by atoms with Crippen molar-refractivity contribution in [1.29, 1.82) is 0 Å². The molecule has 0 aliphatic carbocycles. The number of benzene rings is 3. The van der Waals surface area contributed by atoms with E-state index in [1.165, 1.54) is 5.56 Å². The van der Waals surface area contributed by atoms with Crippen molar-refractivity contribution < 1.29 is 14.3 Å². The van der Waals surface area contributed by atoms with E-state index >= 15 is 0 Å². The molecule has 2 atom stereocenters. The molecule has 1 heterocycles. The minimum atomic E-state index is -0.517. The van der Waals surface area contributed by atoms with Crippen molar-refractivity contribution >= 4 is 34.7 Å². The third kappa shape index (κ3) is 6.26. The van der Waals surface area contributed by atoms with Crippen LogP contribution in [-0.4, -0.2) is 22.9 Å². The molecule has 0 fully saturated rings. The topological polar surface area (TPSA) is 60.3 Å². The fraction of sp³-hybridized carbons (Fsp3) is 0.353. The number of aromatic nitrogens is 1. The van der Waals surface area contributed by atoms with Crippen molar-refractivity contribution in [3.05, 3.63) is 99.2 Å². The van der Waals surface area contributed by atoms with E-state index in [-0.39, 0.29) is 17.9 Å². The standard InChI is InChI=1S/C34H39ClN2O3/c1-20(2)25-9-8-10-26(15-25)23(6)36-34(39)27-11-14-32-30(17-27)22(5)24(7)37(32)18-28-16-29(12-13-31(28)35)40-33(19-38)21(3)4/h8-17,19-21,23,33H,18H2,1-7H3,(H,36,39)/t23-,33-/m0/s1. The second-order valence-corrected chi connectivity index (χ2v) is 11.7. The highest BCUT2D eigenvalue weighted by atomic mass is 35.5. The number of aryl methyl sites for hydroxylation is 1. The quantitative estimate of drug-likeness (QED) is 0.200. The highest BCUT2D eigenvalue weighted by molar-refractivity contribution is 6.31. The van der Waals surface area contributed by atoms with Crippen LogP contribution >= 0.6 is 11.6 Å². The van der Waals surface area contributed by atoms with E-state index in [2.05, 4.69) is 55.8 Å². The summed E-state index contributed by atoms with van der Waals surface area (Å²) in [5, 5.41) is 4.83. The predicted molar refractivity (Wildman–Crippen MR) is 164 cm³/mol. The van der Waals surface area contributed by atoms with E-state index in [9.17, 15) is 9.59 Å². The molecule has 40 heavy (non-hydrogen) atoms. The number of nitrogens with one attached hydrogen (secondary N) is 1. The molecule has 3 aromatic carbocycles. The van der Waals surface area contributed by atoms with E-state index in [4.69, 9.17) is 16.3 Å². The molecule has 0 aliphatic heterocycles. The van der Waals surface area contributed by atoms with Gasteiger partial charge in [0.1, 0.15) is 5.75 Å². The van der Waals surface area contributed by atoms with Gasteiger partial charge in [-0.3, -0.25) is 9.59 Å². The van der Waals surface area contributed by atoms with Crippen molar-refractivity contribution in [3.8, 4) is 5.75 Å². The third-order valence-corrected chi connectivity index (χ3v) is 8.10. The largest absolute Gasteiger partial charge is 0.483 e. The first-order valence-corrected chi connectivity index (χ1v) is 14.3. The van der Waals surface area contributed by atoms with Crippen LogP contribution in [0.1, 0.15) is 84.9 Å². The van der Waals surface area contributed by atoms with Gasteiger partial charge in [-0.05, 0) is 91.3 Å². The maximum atomic E-state index is 13.3. The Hall–Kier alpha value is -3.57. The first-order chi connectivity index (χ1) is 19.0. The molecular weight excluding hydrogens is 520 g/mol. The van der Waals surface area contributed by atoms with Crippen molar-refractivity contribution in [2.24, 2.45) is 5.92 Å². The van der Waals surface area contributed by atoms with Crippen LogP contribution in [0.4, 0.5) is 0 Å². The van der Waals surface area contributed by atoms with Crippen LogP contribution in [0.15, 0.2) is 60.7 Å². The summed E-state index contributed by atoms with van der Waals surface area (Å²) in [6.07, 6.45) is 0.320. The summed E-state index contributed by atoms with van der Waals surface area (Å²) in [7, 11) is 0. The number of fused-ring (bicyclic) bond motifs is 1. The van der Waals surface area contributed by atoms with Gasteiger partial charge in [0.2, 0.25) is 0 Å². The first-order valence-electron chi connectivity index (χ1n) is 13.9. The zero-order valence-electron chi connectivity index (χ0n) is 24.4. The van der Waals surface area contributed by atoms with E-state index in [1.54, 1.807) is 6.07 Å². The second-order valence-electron chi connectivity index (χ2n) is 11.3. The van der Waals surface area contributed by atoms with Gasteiger partial charge in [-0.2, -0.15) is 0 Å². The maximum Gasteiger partial charge on any atom is 0.251 e. The summed E-state index contributed by atoms with van der Waals surface area (Å²) in [6.45, 7) is 14.9. The molecule has 1 N–H and O–H groups in total. The maximum absolute atomic E-state index is 13.3. The summed E-state index contributed by atoms with van der Waals surface area (Å²) >= 11 is 6.59. The van der Waals surface area contributed by atoms with Crippen LogP contribution in [0.25, 0.3) is 10.9 Å². The smallest absolute Gasteiger partial charge is 0.251 e. The van der Waals surface area contributed by atoms with Crippen molar-refractivity contribution in [2.75, 3.05) is 0 Å². The van der Waals surface area contributed by atoms with E-state index in [1.807, 2.05) is 57.2 Å². The lowest BCUT2D eigenvalue weighted by Gasteiger charge is -2.18. The number of carbonyl (C=O) groups is 2. The highest BCUT2D eigenvalue weighted by Gasteiger charge is 2.18. The average molecular weight is 559 g/mol. The number of halogens is 1. The molecule has 5 nitrogen and oxygen atoms in total. The Bertz CT molecular complexity index is 1540. The molecule has 210 valence electrons. The molecule has 0 radical (unpaired) electrons. The Morgan fingerprint density at radius 2 is 1.70 bits per heavy atom. The van der Waals surface area contributed by atoms with Gasteiger partial charge in [0.15, 0.2) is 12.4 Å². The Balaban J connectivity index is 1.59. The number of carbonyl (C=O) groups excluding carboxylic acids is 2. The number of rotatable bonds is 10. The Morgan fingerprint density at radius 1 is 0.975 bits per heavy atom. The van der Waals surface area contributed by atoms with E-state index in [0.717, 1.165) is 39.6 Å². The highest BCUT2D eigenvalue weighted by Crippen LogP contribution is 2.31. The van der Waals surface area contributed by atoms with Crippen molar-refractivity contribution in [2.45, 2.75) is 73.1 Å². The summed E-state index contributed by atoms with van der Waals surface area (Å²) in [6, 6.07) is 19.6. The zero-order chi connectivity index (χ0) is 29.1. The van der Waals surface area contributed by atoms with Crippen molar-refractivity contribution in [1.82, 2.24) is 9.88 Å². The van der Waals surface area contributed by atoms with Crippen molar-refractivity contribution in [3.63, 3.8) is 0 Å². The third-order valence-electron chi connectivity index (χ3n) is 7.74.